The summed E-state index contributed by atoms with van der Waals surface area (Å²) in [6.45, 7) is 3.35. The SMILES string of the molecule is CCOc1ccccc1CCNNC(=O)[C@@]1(Cc2ccc(Br)cc2)N=C(c2ccc(OCCCO)cc2)O[C@H]1c1ccccc1N=[N+]=[N-]. The van der Waals surface area contributed by atoms with Gasteiger partial charge in [0.2, 0.25) is 5.90 Å². The lowest BCUT2D eigenvalue weighted by Crippen LogP contribution is -2.54. The van der Waals surface area contributed by atoms with E-state index in [0.29, 0.717) is 55.2 Å². The Morgan fingerprint density at radius 1 is 1.04 bits per heavy atom. The second-order valence-electron chi connectivity index (χ2n) is 11.0. The van der Waals surface area contributed by atoms with Crippen molar-refractivity contribution >= 4 is 33.4 Å². The molecule has 0 bridgehead atoms. The van der Waals surface area contributed by atoms with Crippen LogP contribution in [0.2, 0.25) is 0 Å². The van der Waals surface area contributed by atoms with Crippen molar-refractivity contribution in [3.05, 3.63) is 134 Å². The number of aliphatic hydroxyl groups excluding tert-OH is 1. The van der Waals surface area contributed by atoms with Crippen molar-refractivity contribution in [2.24, 2.45) is 10.1 Å². The molecule has 0 aromatic heterocycles. The van der Waals surface area contributed by atoms with Crippen LogP contribution in [0.15, 0.2) is 112 Å². The Morgan fingerprint density at radius 2 is 1.79 bits per heavy atom. The number of carbonyl (C=O) groups is 1. The van der Waals surface area contributed by atoms with Gasteiger partial charge in [-0.15, -0.1) is 0 Å². The van der Waals surface area contributed by atoms with Crippen molar-refractivity contribution in [2.75, 3.05) is 26.4 Å². The third-order valence-corrected chi connectivity index (χ3v) is 8.31. The number of carbonyl (C=O) groups excluding carboxylic acids is 1. The molecule has 3 N–H and O–H groups in total. The van der Waals surface area contributed by atoms with E-state index < -0.39 is 17.6 Å². The minimum Gasteiger partial charge on any atom is -0.494 e. The van der Waals surface area contributed by atoms with Gasteiger partial charge in [-0.25, -0.2) is 10.4 Å². The van der Waals surface area contributed by atoms with Crippen molar-refractivity contribution in [2.45, 2.75) is 37.8 Å². The summed E-state index contributed by atoms with van der Waals surface area (Å²) < 4.78 is 19.0. The zero-order chi connectivity index (χ0) is 33.8. The summed E-state index contributed by atoms with van der Waals surface area (Å²) in [5.41, 5.74) is 17.2. The summed E-state index contributed by atoms with van der Waals surface area (Å²) in [4.78, 5) is 22.6. The molecule has 1 heterocycles. The molecular weight excluding hydrogens is 676 g/mol. The van der Waals surface area contributed by atoms with Crippen LogP contribution in [0.25, 0.3) is 10.4 Å². The Labute approximate surface area is 287 Å². The van der Waals surface area contributed by atoms with E-state index in [1.54, 1.807) is 30.3 Å². The van der Waals surface area contributed by atoms with Crippen LogP contribution in [-0.2, 0) is 22.4 Å². The molecule has 0 saturated heterocycles. The Morgan fingerprint density at radius 3 is 2.54 bits per heavy atom. The highest BCUT2D eigenvalue weighted by Gasteiger charge is 2.54. The maximum absolute atomic E-state index is 14.5. The van der Waals surface area contributed by atoms with Gasteiger partial charge in [-0.05, 0) is 72.5 Å². The quantitative estimate of drug-likeness (QED) is 0.0378. The number of rotatable bonds is 16. The molecule has 5 rings (SSSR count). The van der Waals surface area contributed by atoms with Gasteiger partial charge >= 0.3 is 0 Å². The Balaban J connectivity index is 1.51. The van der Waals surface area contributed by atoms with E-state index in [9.17, 15) is 10.3 Å². The molecule has 0 radical (unpaired) electrons. The summed E-state index contributed by atoms with van der Waals surface area (Å²) in [5, 5.41) is 13.0. The van der Waals surface area contributed by atoms with Crippen molar-refractivity contribution in [1.82, 2.24) is 10.9 Å². The average molecular weight is 714 g/mol. The summed E-state index contributed by atoms with van der Waals surface area (Å²) in [6, 6.07) is 29.7. The molecule has 4 aromatic rings. The first-order chi connectivity index (χ1) is 23.5. The second kappa shape index (κ2) is 16.8. The highest BCUT2D eigenvalue weighted by Crippen LogP contribution is 2.45. The second-order valence-corrected chi connectivity index (χ2v) is 11.9. The molecule has 1 aliphatic rings. The first-order valence-electron chi connectivity index (χ1n) is 15.7. The van der Waals surface area contributed by atoms with Gasteiger partial charge in [-0.1, -0.05) is 75.6 Å². The Kier molecular flexibility index (Phi) is 12.1. The van der Waals surface area contributed by atoms with Gasteiger partial charge in [-0.3, -0.25) is 10.2 Å². The van der Waals surface area contributed by atoms with Crippen LogP contribution in [0.3, 0.4) is 0 Å². The number of nitrogens with zero attached hydrogens (tertiary/aromatic N) is 4. The number of hydrogen-bond acceptors (Lipinski definition) is 8. The van der Waals surface area contributed by atoms with Crippen molar-refractivity contribution < 1.29 is 24.1 Å². The van der Waals surface area contributed by atoms with E-state index in [0.717, 1.165) is 21.3 Å². The molecule has 11 nitrogen and oxygen atoms in total. The molecule has 0 aliphatic carbocycles. The number of benzene rings is 4. The Hall–Kier alpha value is -4.87. The summed E-state index contributed by atoms with van der Waals surface area (Å²) in [7, 11) is 0. The lowest BCUT2D eigenvalue weighted by molar-refractivity contribution is -0.130. The molecule has 248 valence electrons. The third kappa shape index (κ3) is 8.34. The van der Waals surface area contributed by atoms with Crippen LogP contribution in [0.5, 0.6) is 11.5 Å². The number of amides is 1. The van der Waals surface area contributed by atoms with Gasteiger partial charge in [0.25, 0.3) is 5.91 Å². The van der Waals surface area contributed by atoms with Crippen LogP contribution in [-0.4, -0.2) is 48.8 Å². The lowest BCUT2D eigenvalue weighted by atomic mass is 9.81. The summed E-state index contributed by atoms with van der Waals surface area (Å²) in [6.07, 6.45) is 0.364. The van der Waals surface area contributed by atoms with Crippen molar-refractivity contribution in [3.8, 4) is 11.5 Å². The van der Waals surface area contributed by atoms with E-state index in [1.807, 2.05) is 73.7 Å². The molecule has 0 spiro atoms. The highest BCUT2D eigenvalue weighted by molar-refractivity contribution is 9.10. The van der Waals surface area contributed by atoms with Gasteiger partial charge in [0.1, 0.15) is 11.5 Å². The number of hydrazine groups is 1. The van der Waals surface area contributed by atoms with Crippen LogP contribution in [0.4, 0.5) is 5.69 Å². The topological polar surface area (TPSA) is 150 Å². The first-order valence-corrected chi connectivity index (χ1v) is 16.5. The number of azide groups is 1. The molecule has 4 aromatic carbocycles. The van der Waals surface area contributed by atoms with Crippen molar-refractivity contribution in [1.29, 1.82) is 0 Å². The molecule has 12 heteroatoms. The summed E-state index contributed by atoms with van der Waals surface area (Å²) in [5.74, 6) is 1.28. The number of para-hydroxylation sites is 1. The third-order valence-electron chi connectivity index (χ3n) is 7.78. The normalized spacial score (nSPS) is 16.7. The van der Waals surface area contributed by atoms with Crippen LogP contribution in [0.1, 0.15) is 41.7 Å². The average Bonchev–Trinajstić information content (AvgIpc) is 3.49. The molecule has 48 heavy (non-hydrogen) atoms. The van der Waals surface area contributed by atoms with Crippen molar-refractivity contribution in [3.63, 3.8) is 0 Å². The highest BCUT2D eigenvalue weighted by atomic mass is 79.9. The zero-order valence-corrected chi connectivity index (χ0v) is 28.1. The molecule has 0 saturated carbocycles. The van der Waals surface area contributed by atoms with Gasteiger partial charge in [0.15, 0.2) is 11.6 Å². The number of aliphatic hydroxyl groups is 1. The molecule has 1 aliphatic heterocycles. The van der Waals surface area contributed by atoms with Crippen LogP contribution < -0.4 is 20.3 Å². The van der Waals surface area contributed by atoms with Gasteiger partial charge in [-0.2, -0.15) is 0 Å². The fourth-order valence-electron chi connectivity index (χ4n) is 5.48. The molecule has 2 atom stereocenters. The fraction of sp³-hybridized carbons (Fsp3) is 0.278. The predicted molar refractivity (Wildman–Crippen MR) is 187 cm³/mol. The lowest BCUT2D eigenvalue weighted by Gasteiger charge is -2.31. The van der Waals surface area contributed by atoms with Crippen LogP contribution in [0, 0.1) is 0 Å². The van der Waals surface area contributed by atoms with Crippen LogP contribution >= 0.6 is 15.9 Å². The minimum atomic E-state index is -1.50. The van der Waals surface area contributed by atoms with E-state index in [-0.39, 0.29) is 18.9 Å². The monoisotopic (exact) mass is 712 g/mol. The summed E-state index contributed by atoms with van der Waals surface area (Å²) >= 11 is 3.50. The van der Waals surface area contributed by atoms with Gasteiger partial charge in [0.05, 0.1) is 13.2 Å². The smallest absolute Gasteiger partial charge is 0.266 e. The number of halogens is 1. The van der Waals surface area contributed by atoms with E-state index >= 15 is 0 Å². The Bertz CT molecular complexity index is 1760. The number of nitrogens with one attached hydrogen (secondary N) is 2. The predicted octanol–water partition coefficient (Wildman–Crippen LogP) is 6.91. The molecule has 0 fully saturated rings. The van der Waals surface area contributed by atoms with Gasteiger partial charge < -0.3 is 19.3 Å². The maximum Gasteiger partial charge on any atom is 0.266 e. The molecule has 0 unspecified atom stereocenters. The van der Waals surface area contributed by atoms with Gasteiger partial charge in [0, 0.05) is 52.2 Å². The standard InChI is InChI=1S/C36H37BrN6O5/c1-2-46-32-11-6-3-8-26(32)20-21-39-42-35(45)36(24-25-12-16-28(37)17-13-25)33(30-9-4-5-10-31(30)41-43-38)48-34(40-36)27-14-18-29(19-15-27)47-23-7-22-44/h3-6,8-19,33,39,44H,2,7,20-24H2,1H3,(H,42,45)/t33-,36-/m0/s1. The largest absolute Gasteiger partial charge is 0.494 e. The number of hydrogen-bond donors (Lipinski definition) is 3. The maximum atomic E-state index is 14.5. The number of ether oxygens (including phenoxy) is 3. The first kappa shape index (κ1) is 34.5. The molecule has 1 amide bonds. The molecular formula is C36H37BrN6O5. The fourth-order valence-corrected chi connectivity index (χ4v) is 5.74. The zero-order valence-electron chi connectivity index (χ0n) is 26.5. The number of aliphatic imine (C=N–C) groups is 1. The van der Waals surface area contributed by atoms with E-state index in [2.05, 4.69) is 36.8 Å². The minimum absolute atomic E-state index is 0.0410. The van der Waals surface area contributed by atoms with E-state index in [4.69, 9.17) is 24.3 Å². The van der Waals surface area contributed by atoms with E-state index in [1.165, 1.54) is 0 Å².